The van der Waals surface area contributed by atoms with Crippen molar-refractivity contribution in [2.45, 2.75) is 6.54 Å². The second kappa shape index (κ2) is 5.70. The van der Waals surface area contributed by atoms with Crippen LogP contribution in [-0.4, -0.2) is 18.1 Å². The summed E-state index contributed by atoms with van der Waals surface area (Å²) in [5.41, 5.74) is 1.71. The molecule has 0 radical (unpaired) electrons. The Balaban J connectivity index is 1.76. The van der Waals surface area contributed by atoms with Crippen molar-refractivity contribution in [3.8, 4) is 11.5 Å². The Morgan fingerprint density at radius 3 is 2.81 bits per heavy atom. The Labute approximate surface area is 121 Å². The van der Waals surface area contributed by atoms with Gasteiger partial charge in [0.1, 0.15) is 13.2 Å². The minimum Gasteiger partial charge on any atom is -0.486 e. The molecule has 0 aliphatic carbocycles. The summed E-state index contributed by atoms with van der Waals surface area (Å²) in [7, 11) is 0. The summed E-state index contributed by atoms with van der Waals surface area (Å²) in [6.45, 7) is 1.59. The van der Waals surface area contributed by atoms with Gasteiger partial charge in [-0.2, -0.15) is 0 Å². The number of nitro groups is 1. The van der Waals surface area contributed by atoms with E-state index < -0.39 is 4.92 Å². The number of nitro benzene ring substituents is 1. The lowest BCUT2D eigenvalue weighted by atomic mass is 10.1. The molecule has 21 heavy (non-hydrogen) atoms. The number of hydrogen-bond donors (Lipinski definition) is 1. The number of fused-ring (bicyclic) bond motifs is 1. The van der Waals surface area contributed by atoms with E-state index in [2.05, 4.69) is 5.32 Å². The summed E-state index contributed by atoms with van der Waals surface area (Å²) in [5.74, 6) is 1.47. The molecule has 0 aromatic heterocycles. The Bertz CT molecular complexity index is 672. The van der Waals surface area contributed by atoms with Crippen LogP contribution < -0.4 is 14.8 Å². The van der Waals surface area contributed by atoms with Crippen molar-refractivity contribution in [2.75, 3.05) is 18.5 Å². The lowest BCUT2D eigenvalue weighted by Crippen LogP contribution is -2.17. The van der Waals surface area contributed by atoms with Crippen LogP contribution in [0.15, 0.2) is 42.5 Å². The number of anilines is 1. The van der Waals surface area contributed by atoms with E-state index in [0.29, 0.717) is 25.4 Å². The summed E-state index contributed by atoms with van der Waals surface area (Å²) in [6.07, 6.45) is 0. The van der Waals surface area contributed by atoms with Crippen LogP contribution in [0.3, 0.4) is 0 Å². The molecule has 1 aliphatic rings. The van der Waals surface area contributed by atoms with Crippen molar-refractivity contribution in [3.05, 3.63) is 58.1 Å². The summed E-state index contributed by atoms with van der Waals surface area (Å²) >= 11 is 0. The highest BCUT2D eigenvalue weighted by molar-refractivity contribution is 5.53. The Morgan fingerprint density at radius 2 is 1.95 bits per heavy atom. The topological polar surface area (TPSA) is 73.6 Å². The molecule has 3 rings (SSSR count). The van der Waals surface area contributed by atoms with Crippen molar-refractivity contribution >= 4 is 11.4 Å². The molecule has 0 amide bonds. The number of non-ortho nitro benzene ring substituents is 1. The van der Waals surface area contributed by atoms with Gasteiger partial charge in [-0.3, -0.25) is 10.1 Å². The molecule has 0 spiro atoms. The smallest absolute Gasteiger partial charge is 0.271 e. The predicted molar refractivity (Wildman–Crippen MR) is 77.9 cm³/mol. The highest BCUT2D eigenvalue weighted by Crippen LogP contribution is 2.34. The maximum absolute atomic E-state index is 10.8. The molecular weight excluding hydrogens is 272 g/mol. The van der Waals surface area contributed by atoms with E-state index in [1.54, 1.807) is 12.1 Å². The van der Waals surface area contributed by atoms with E-state index in [1.807, 2.05) is 18.2 Å². The summed E-state index contributed by atoms with van der Waals surface area (Å²) < 4.78 is 11.2. The highest BCUT2D eigenvalue weighted by Gasteiger charge is 2.15. The van der Waals surface area contributed by atoms with Crippen molar-refractivity contribution in [2.24, 2.45) is 0 Å². The molecule has 6 heteroatoms. The van der Waals surface area contributed by atoms with Gasteiger partial charge in [0.15, 0.2) is 11.5 Å². The van der Waals surface area contributed by atoms with Crippen molar-refractivity contribution in [1.82, 2.24) is 0 Å². The standard InChI is InChI=1S/C15H14N2O4/c18-17(19)13-5-2-4-12(9-13)16-10-11-3-1-6-14-15(11)21-8-7-20-14/h1-6,9,16H,7-8,10H2. The largest absolute Gasteiger partial charge is 0.486 e. The monoisotopic (exact) mass is 286 g/mol. The fraction of sp³-hybridized carbons (Fsp3) is 0.200. The van der Waals surface area contributed by atoms with E-state index in [4.69, 9.17) is 9.47 Å². The molecule has 2 aromatic carbocycles. The zero-order valence-electron chi connectivity index (χ0n) is 11.2. The molecule has 2 aromatic rings. The highest BCUT2D eigenvalue weighted by atomic mass is 16.6. The minimum absolute atomic E-state index is 0.0645. The molecule has 0 saturated carbocycles. The lowest BCUT2D eigenvalue weighted by Gasteiger charge is -2.21. The van der Waals surface area contributed by atoms with Crippen LogP contribution >= 0.6 is 0 Å². The molecule has 0 bridgehead atoms. The Kier molecular flexibility index (Phi) is 3.59. The van der Waals surface area contributed by atoms with Gasteiger partial charge in [0.25, 0.3) is 5.69 Å². The van der Waals surface area contributed by atoms with Crippen molar-refractivity contribution in [3.63, 3.8) is 0 Å². The van der Waals surface area contributed by atoms with E-state index >= 15 is 0 Å². The number of ether oxygens (including phenoxy) is 2. The van der Waals surface area contributed by atoms with Gasteiger partial charge in [-0.25, -0.2) is 0 Å². The Morgan fingerprint density at radius 1 is 1.14 bits per heavy atom. The predicted octanol–water partition coefficient (Wildman–Crippen LogP) is 2.98. The van der Waals surface area contributed by atoms with Gasteiger partial charge in [0.05, 0.1) is 4.92 Å². The van der Waals surface area contributed by atoms with Crippen LogP contribution in [0.4, 0.5) is 11.4 Å². The second-order valence-corrected chi connectivity index (χ2v) is 4.60. The van der Waals surface area contributed by atoms with Crippen LogP contribution in [0.5, 0.6) is 11.5 Å². The summed E-state index contributed by atoms with van der Waals surface area (Å²) in [4.78, 5) is 10.3. The third-order valence-corrected chi connectivity index (χ3v) is 3.19. The van der Waals surface area contributed by atoms with Crippen LogP contribution in [-0.2, 0) is 6.54 Å². The molecule has 0 atom stereocenters. The molecular formula is C15H14N2O4. The molecule has 1 aliphatic heterocycles. The molecule has 108 valence electrons. The third-order valence-electron chi connectivity index (χ3n) is 3.19. The summed E-state index contributed by atoms with van der Waals surface area (Å²) in [6, 6.07) is 12.1. The third kappa shape index (κ3) is 2.89. The number of para-hydroxylation sites is 1. The maximum Gasteiger partial charge on any atom is 0.271 e. The number of nitrogens with zero attached hydrogens (tertiary/aromatic N) is 1. The molecule has 1 heterocycles. The van der Waals surface area contributed by atoms with Gasteiger partial charge in [-0.05, 0) is 12.1 Å². The quantitative estimate of drug-likeness (QED) is 0.691. The molecule has 0 unspecified atom stereocenters. The molecule has 6 nitrogen and oxygen atoms in total. The number of benzene rings is 2. The summed E-state index contributed by atoms with van der Waals surface area (Å²) in [5, 5.41) is 13.9. The van der Waals surface area contributed by atoms with Gasteiger partial charge in [0, 0.05) is 29.9 Å². The number of hydrogen-bond acceptors (Lipinski definition) is 5. The van der Waals surface area contributed by atoms with Crippen LogP contribution in [0, 0.1) is 10.1 Å². The SMILES string of the molecule is O=[N+]([O-])c1cccc(NCc2cccc3c2OCCO3)c1. The number of rotatable bonds is 4. The first kappa shape index (κ1) is 13.2. The first-order valence-electron chi connectivity index (χ1n) is 6.60. The zero-order chi connectivity index (χ0) is 14.7. The zero-order valence-corrected chi connectivity index (χ0v) is 11.2. The van der Waals surface area contributed by atoms with E-state index in [9.17, 15) is 10.1 Å². The average Bonchev–Trinajstić information content (AvgIpc) is 2.53. The minimum atomic E-state index is -0.410. The fourth-order valence-electron chi connectivity index (χ4n) is 2.20. The van der Waals surface area contributed by atoms with E-state index in [1.165, 1.54) is 12.1 Å². The molecule has 0 fully saturated rings. The van der Waals surface area contributed by atoms with E-state index in [-0.39, 0.29) is 5.69 Å². The fourth-order valence-corrected chi connectivity index (χ4v) is 2.20. The van der Waals surface area contributed by atoms with Crippen molar-refractivity contribution < 1.29 is 14.4 Å². The van der Waals surface area contributed by atoms with Crippen molar-refractivity contribution in [1.29, 1.82) is 0 Å². The van der Waals surface area contributed by atoms with Gasteiger partial charge >= 0.3 is 0 Å². The second-order valence-electron chi connectivity index (χ2n) is 4.60. The maximum atomic E-state index is 10.8. The average molecular weight is 286 g/mol. The first-order valence-corrected chi connectivity index (χ1v) is 6.60. The van der Waals surface area contributed by atoms with Crippen LogP contribution in [0.1, 0.15) is 5.56 Å². The normalized spacial score (nSPS) is 12.8. The van der Waals surface area contributed by atoms with Crippen LogP contribution in [0.2, 0.25) is 0 Å². The van der Waals surface area contributed by atoms with Crippen LogP contribution in [0.25, 0.3) is 0 Å². The first-order chi connectivity index (χ1) is 10.2. The van der Waals surface area contributed by atoms with Gasteiger partial charge in [-0.15, -0.1) is 0 Å². The molecule has 1 N–H and O–H groups in total. The van der Waals surface area contributed by atoms with Gasteiger partial charge < -0.3 is 14.8 Å². The Hall–Kier alpha value is -2.76. The van der Waals surface area contributed by atoms with E-state index in [0.717, 1.165) is 17.1 Å². The number of nitrogens with one attached hydrogen (secondary N) is 1. The molecule has 0 saturated heterocycles. The lowest BCUT2D eigenvalue weighted by molar-refractivity contribution is -0.384. The van der Waals surface area contributed by atoms with Gasteiger partial charge in [-0.1, -0.05) is 18.2 Å². The van der Waals surface area contributed by atoms with Gasteiger partial charge in [0.2, 0.25) is 0 Å².